The molecular formula is C10H12BrClN2O2S. The molecule has 1 heterocycles. The van der Waals surface area contributed by atoms with E-state index in [2.05, 4.69) is 26.6 Å². The van der Waals surface area contributed by atoms with Crippen molar-refractivity contribution in [2.45, 2.75) is 6.04 Å². The SMILES string of the molecule is Cl.O=C(Nc1cc(Br)ccc1O)C1CSCN1. The number of halogens is 2. The summed E-state index contributed by atoms with van der Waals surface area (Å²) in [6, 6.07) is 4.75. The fourth-order valence-electron chi connectivity index (χ4n) is 1.39. The first-order chi connectivity index (χ1) is 7.66. The third-order valence-electron chi connectivity index (χ3n) is 2.25. The van der Waals surface area contributed by atoms with Gasteiger partial charge in [-0.15, -0.1) is 24.2 Å². The van der Waals surface area contributed by atoms with Gasteiger partial charge >= 0.3 is 0 Å². The third kappa shape index (κ3) is 3.77. The van der Waals surface area contributed by atoms with Gasteiger partial charge in [-0.2, -0.15) is 0 Å². The summed E-state index contributed by atoms with van der Waals surface area (Å²) >= 11 is 4.97. The van der Waals surface area contributed by atoms with Crippen molar-refractivity contribution in [3.8, 4) is 5.75 Å². The number of phenols is 1. The molecule has 0 bridgehead atoms. The summed E-state index contributed by atoms with van der Waals surface area (Å²) in [5, 5.41) is 15.3. The number of rotatable bonds is 2. The van der Waals surface area contributed by atoms with Gasteiger partial charge in [0, 0.05) is 16.1 Å². The summed E-state index contributed by atoms with van der Waals surface area (Å²) in [5.41, 5.74) is 0.429. The molecule has 1 saturated heterocycles. The van der Waals surface area contributed by atoms with E-state index in [1.165, 1.54) is 6.07 Å². The highest BCUT2D eigenvalue weighted by Gasteiger charge is 2.23. The molecule has 1 aromatic rings. The predicted molar refractivity (Wildman–Crippen MR) is 75.9 cm³/mol. The van der Waals surface area contributed by atoms with Gasteiger partial charge in [0.2, 0.25) is 5.91 Å². The van der Waals surface area contributed by atoms with Crippen LogP contribution in [-0.4, -0.2) is 28.7 Å². The number of carbonyl (C=O) groups is 1. The molecule has 1 aromatic carbocycles. The minimum Gasteiger partial charge on any atom is -0.506 e. The molecule has 0 saturated carbocycles. The molecule has 17 heavy (non-hydrogen) atoms. The van der Waals surface area contributed by atoms with Crippen molar-refractivity contribution in [3.05, 3.63) is 22.7 Å². The summed E-state index contributed by atoms with van der Waals surface area (Å²) in [4.78, 5) is 11.8. The number of aromatic hydroxyl groups is 1. The Hall–Kier alpha value is -0.430. The van der Waals surface area contributed by atoms with Crippen LogP contribution in [0.2, 0.25) is 0 Å². The van der Waals surface area contributed by atoms with Crippen LogP contribution in [0.25, 0.3) is 0 Å². The summed E-state index contributed by atoms with van der Waals surface area (Å²) in [6.45, 7) is 0. The minimum atomic E-state index is -0.177. The number of thioether (sulfide) groups is 1. The van der Waals surface area contributed by atoms with Crippen LogP contribution in [-0.2, 0) is 4.79 Å². The van der Waals surface area contributed by atoms with E-state index in [1.54, 1.807) is 23.9 Å². The first-order valence-electron chi connectivity index (χ1n) is 4.77. The van der Waals surface area contributed by atoms with Gasteiger partial charge in [-0.25, -0.2) is 0 Å². The average molecular weight is 340 g/mol. The summed E-state index contributed by atoms with van der Waals surface area (Å²) in [7, 11) is 0. The number of phenolic OH excluding ortho intramolecular Hbond substituents is 1. The van der Waals surface area contributed by atoms with Crippen LogP contribution in [0.15, 0.2) is 22.7 Å². The van der Waals surface area contributed by atoms with Crippen LogP contribution >= 0.6 is 40.1 Å². The van der Waals surface area contributed by atoms with Gasteiger partial charge in [-0.1, -0.05) is 15.9 Å². The van der Waals surface area contributed by atoms with E-state index >= 15 is 0 Å². The maximum Gasteiger partial charge on any atom is 0.242 e. The molecular weight excluding hydrogens is 328 g/mol. The Bertz CT molecular complexity index is 413. The Kier molecular flexibility index (Phi) is 5.58. The van der Waals surface area contributed by atoms with Crippen molar-refractivity contribution >= 4 is 51.7 Å². The Labute approximate surface area is 118 Å². The molecule has 0 radical (unpaired) electrons. The molecule has 3 N–H and O–H groups in total. The van der Waals surface area contributed by atoms with Gasteiger partial charge in [0.05, 0.1) is 11.7 Å². The number of nitrogens with one attached hydrogen (secondary N) is 2. The van der Waals surface area contributed by atoms with Crippen LogP contribution in [0, 0.1) is 0 Å². The molecule has 0 aromatic heterocycles. The topological polar surface area (TPSA) is 61.4 Å². The minimum absolute atomic E-state index is 0. The lowest BCUT2D eigenvalue weighted by Gasteiger charge is -2.11. The number of carbonyl (C=O) groups excluding carboxylic acids is 1. The second-order valence-electron chi connectivity index (χ2n) is 3.42. The molecule has 7 heteroatoms. The monoisotopic (exact) mass is 338 g/mol. The van der Waals surface area contributed by atoms with Crippen LogP contribution in [0.5, 0.6) is 5.75 Å². The van der Waals surface area contributed by atoms with E-state index in [1.807, 2.05) is 0 Å². The molecule has 4 nitrogen and oxygen atoms in total. The van der Waals surface area contributed by atoms with E-state index < -0.39 is 0 Å². The highest BCUT2D eigenvalue weighted by molar-refractivity contribution is 9.10. The van der Waals surface area contributed by atoms with Gasteiger partial charge in [0.25, 0.3) is 0 Å². The quantitative estimate of drug-likeness (QED) is 0.723. The van der Waals surface area contributed by atoms with Crippen LogP contribution < -0.4 is 10.6 Å². The van der Waals surface area contributed by atoms with E-state index in [4.69, 9.17) is 0 Å². The molecule has 1 unspecified atom stereocenters. The first-order valence-corrected chi connectivity index (χ1v) is 6.72. The molecule has 94 valence electrons. The molecule has 0 aliphatic carbocycles. The maximum absolute atomic E-state index is 11.8. The standard InChI is InChI=1S/C10H11BrN2O2S.ClH/c11-6-1-2-9(14)7(3-6)13-10(15)8-4-16-5-12-8;/h1-3,8,12,14H,4-5H2,(H,13,15);1H. The summed E-state index contributed by atoms with van der Waals surface area (Å²) in [5.74, 6) is 1.52. The Morgan fingerprint density at radius 2 is 2.35 bits per heavy atom. The van der Waals surface area contributed by atoms with Gasteiger partial charge in [0.1, 0.15) is 5.75 Å². The van der Waals surface area contributed by atoms with Crippen molar-refractivity contribution < 1.29 is 9.90 Å². The highest BCUT2D eigenvalue weighted by atomic mass is 79.9. The van der Waals surface area contributed by atoms with Crippen molar-refractivity contribution in [2.75, 3.05) is 16.9 Å². The molecule has 1 atom stereocenters. The smallest absolute Gasteiger partial charge is 0.242 e. The van der Waals surface area contributed by atoms with E-state index in [9.17, 15) is 9.90 Å². The molecule has 0 spiro atoms. The zero-order valence-corrected chi connectivity index (χ0v) is 12.0. The number of amides is 1. The molecule has 1 aliphatic heterocycles. The number of anilines is 1. The van der Waals surface area contributed by atoms with E-state index in [0.717, 1.165) is 16.1 Å². The predicted octanol–water partition coefficient (Wildman–Crippen LogP) is 2.18. The molecule has 1 aliphatic rings. The van der Waals surface area contributed by atoms with Gasteiger partial charge in [-0.05, 0) is 18.2 Å². The number of benzene rings is 1. The normalized spacial score (nSPS) is 18.5. The van der Waals surface area contributed by atoms with Gasteiger partial charge in [0.15, 0.2) is 0 Å². The number of hydrogen-bond acceptors (Lipinski definition) is 4. The Morgan fingerprint density at radius 1 is 1.59 bits per heavy atom. The van der Waals surface area contributed by atoms with Gasteiger partial charge < -0.3 is 10.4 Å². The highest BCUT2D eigenvalue weighted by Crippen LogP contribution is 2.27. The zero-order valence-electron chi connectivity index (χ0n) is 8.77. The maximum atomic E-state index is 11.8. The Morgan fingerprint density at radius 3 is 3.00 bits per heavy atom. The van der Waals surface area contributed by atoms with Crippen molar-refractivity contribution in [2.24, 2.45) is 0 Å². The molecule has 1 fully saturated rings. The first kappa shape index (κ1) is 14.6. The molecule has 2 rings (SSSR count). The van der Waals surface area contributed by atoms with Crippen molar-refractivity contribution in [1.29, 1.82) is 0 Å². The largest absolute Gasteiger partial charge is 0.506 e. The van der Waals surface area contributed by atoms with Crippen molar-refractivity contribution in [3.63, 3.8) is 0 Å². The fourth-order valence-corrected chi connectivity index (χ4v) is 2.69. The second-order valence-corrected chi connectivity index (χ2v) is 5.37. The van der Waals surface area contributed by atoms with Crippen LogP contribution in [0.1, 0.15) is 0 Å². The third-order valence-corrected chi connectivity index (χ3v) is 3.68. The lowest BCUT2D eigenvalue weighted by atomic mass is 10.2. The zero-order chi connectivity index (χ0) is 11.5. The fraction of sp³-hybridized carbons (Fsp3) is 0.300. The average Bonchev–Trinajstić information content (AvgIpc) is 2.76. The lowest BCUT2D eigenvalue weighted by molar-refractivity contribution is -0.117. The second kappa shape index (κ2) is 6.49. The van der Waals surface area contributed by atoms with E-state index in [-0.39, 0.29) is 30.1 Å². The number of hydrogen-bond donors (Lipinski definition) is 3. The van der Waals surface area contributed by atoms with Crippen molar-refractivity contribution in [1.82, 2.24) is 5.32 Å². The summed E-state index contributed by atoms with van der Waals surface area (Å²) in [6.07, 6.45) is 0. The van der Waals surface area contributed by atoms with Crippen LogP contribution in [0.3, 0.4) is 0 Å². The summed E-state index contributed by atoms with van der Waals surface area (Å²) < 4.78 is 0.814. The molecule has 1 amide bonds. The Balaban J connectivity index is 0.00000144. The van der Waals surface area contributed by atoms with E-state index in [0.29, 0.717) is 5.69 Å². The van der Waals surface area contributed by atoms with Gasteiger partial charge in [-0.3, -0.25) is 10.1 Å². The van der Waals surface area contributed by atoms with Crippen LogP contribution in [0.4, 0.5) is 5.69 Å². The lowest BCUT2D eigenvalue weighted by Crippen LogP contribution is -2.37.